The average molecular weight is 279 g/mol. The Hall–Kier alpha value is -1.82. The normalized spacial score (nSPS) is 20.8. The third-order valence-electron chi connectivity index (χ3n) is 3.52. The van der Waals surface area contributed by atoms with E-state index in [1.807, 2.05) is 13.0 Å². The molecule has 0 radical (unpaired) electrons. The number of nitrogens with one attached hydrogen (secondary N) is 2. The van der Waals surface area contributed by atoms with E-state index in [4.69, 9.17) is 4.42 Å². The zero-order chi connectivity index (χ0) is 14.5. The first kappa shape index (κ1) is 14.6. The number of piperidine rings is 1. The van der Waals surface area contributed by atoms with Crippen LogP contribution in [-0.2, 0) is 16.1 Å². The number of likely N-dealkylation sites (N-methyl/N-ethyl adjacent to an activating group) is 1. The summed E-state index contributed by atoms with van der Waals surface area (Å²) < 4.78 is 5.16. The van der Waals surface area contributed by atoms with Crippen molar-refractivity contribution in [2.24, 2.45) is 0 Å². The van der Waals surface area contributed by atoms with Crippen molar-refractivity contribution < 1.29 is 14.0 Å². The SMILES string of the molecule is CC(NC1CCC(=O)N(C)C1)C(=O)NCc1ccco1. The van der Waals surface area contributed by atoms with E-state index in [2.05, 4.69) is 10.6 Å². The second-order valence-corrected chi connectivity index (χ2v) is 5.20. The lowest BCUT2D eigenvalue weighted by Crippen LogP contribution is -2.52. The van der Waals surface area contributed by atoms with Crippen LogP contribution in [0.25, 0.3) is 0 Å². The Morgan fingerprint density at radius 3 is 3.05 bits per heavy atom. The van der Waals surface area contributed by atoms with Gasteiger partial charge in [0, 0.05) is 26.1 Å². The van der Waals surface area contributed by atoms with Crippen molar-refractivity contribution >= 4 is 11.8 Å². The Labute approximate surface area is 118 Å². The molecule has 0 spiro atoms. The number of hydrogen-bond donors (Lipinski definition) is 2. The molecule has 1 aliphatic heterocycles. The fourth-order valence-electron chi connectivity index (χ4n) is 2.32. The molecule has 0 aliphatic carbocycles. The quantitative estimate of drug-likeness (QED) is 0.823. The van der Waals surface area contributed by atoms with Crippen molar-refractivity contribution in [1.29, 1.82) is 0 Å². The lowest BCUT2D eigenvalue weighted by molar-refractivity contribution is -0.132. The van der Waals surface area contributed by atoms with Crippen LogP contribution in [0, 0.1) is 0 Å². The average Bonchev–Trinajstić information content (AvgIpc) is 2.93. The lowest BCUT2D eigenvalue weighted by Gasteiger charge is -2.31. The van der Waals surface area contributed by atoms with Crippen LogP contribution in [-0.4, -0.2) is 42.4 Å². The zero-order valence-corrected chi connectivity index (χ0v) is 11.9. The number of rotatable bonds is 5. The highest BCUT2D eigenvalue weighted by molar-refractivity contribution is 5.81. The summed E-state index contributed by atoms with van der Waals surface area (Å²) in [6.45, 7) is 2.86. The maximum atomic E-state index is 12.0. The van der Waals surface area contributed by atoms with Gasteiger partial charge in [-0.1, -0.05) is 0 Å². The fourth-order valence-corrected chi connectivity index (χ4v) is 2.32. The van der Waals surface area contributed by atoms with Crippen LogP contribution in [0.2, 0.25) is 0 Å². The molecular formula is C14H21N3O3. The summed E-state index contributed by atoms with van der Waals surface area (Å²) in [5.41, 5.74) is 0. The lowest BCUT2D eigenvalue weighted by atomic mass is 10.0. The molecular weight excluding hydrogens is 258 g/mol. The molecule has 0 saturated carbocycles. The van der Waals surface area contributed by atoms with Crippen LogP contribution in [0.5, 0.6) is 0 Å². The highest BCUT2D eigenvalue weighted by Gasteiger charge is 2.25. The highest BCUT2D eigenvalue weighted by atomic mass is 16.3. The number of furan rings is 1. The largest absolute Gasteiger partial charge is 0.467 e. The minimum atomic E-state index is -0.295. The fraction of sp³-hybridized carbons (Fsp3) is 0.571. The molecule has 0 aromatic carbocycles. The van der Waals surface area contributed by atoms with Gasteiger partial charge in [-0.05, 0) is 25.5 Å². The van der Waals surface area contributed by atoms with E-state index < -0.39 is 0 Å². The molecule has 6 heteroatoms. The minimum absolute atomic E-state index is 0.0686. The Morgan fingerprint density at radius 1 is 1.60 bits per heavy atom. The molecule has 1 aromatic rings. The highest BCUT2D eigenvalue weighted by Crippen LogP contribution is 2.10. The van der Waals surface area contributed by atoms with Gasteiger partial charge >= 0.3 is 0 Å². The monoisotopic (exact) mass is 279 g/mol. The third kappa shape index (κ3) is 3.84. The van der Waals surface area contributed by atoms with Gasteiger partial charge in [-0.3, -0.25) is 9.59 Å². The zero-order valence-electron chi connectivity index (χ0n) is 11.9. The Balaban J connectivity index is 1.74. The van der Waals surface area contributed by atoms with Crippen molar-refractivity contribution in [2.45, 2.75) is 38.4 Å². The van der Waals surface area contributed by atoms with Crippen molar-refractivity contribution in [2.75, 3.05) is 13.6 Å². The molecule has 2 rings (SSSR count). The molecule has 2 atom stereocenters. The van der Waals surface area contributed by atoms with Crippen molar-refractivity contribution in [3.8, 4) is 0 Å². The van der Waals surface area contributed by atoms with Crippen LogP contribution in [0.1, 0.15) is 25.5 Å². The maximum Gasteiger partial charge on any atom is 0.237 e. The molecule has 2 N–H and O–H groups in total. The molecule has 20 heavy (non-hydrogen) atoms. The van der Waals surface area contributed by atoms with E-state index in [-0.39, 0.29) is 23.9 Å². The molecule has 1 aromatic heterocycles. The van der Waals surface area contributed by atoms with Gasteiger partial charge in [-0.15, -0.1) is 0 Å². The van der Waals surface area contributed by atoms with Gasteiger partial charge in [0.15, 0.2) is 0 Å². The number of likely N-dealkylation sites (tertiary alicyclic amines) is 1. The van der Waals surface area contributed by atoms with Crippen molar-refractivity contribution in [1.82, 2.24) is 15.5 Å². The number of nitrogens with zero attached hydrogens (tertiary/aromatic N) is 1. The second kappa shape index (κ2) is 6.56. The van der Waals surface area contributed by atoms with Crippen LogP contribution in [0.3, 0.4) is 0 Å². The molecule has 1 fully saturated rings. The Morgan fingerprint density at radius 2 is 2.40 bits per heavy atom. The molecule has 2 heterocycles. The standard InChI is InChI=1S/C14H21N3O3/c1-10(14(19)15-8-12-4-3-7-20-12)16-11-5-6-13(18)17(2)9-11/h3-4,7,10-11,16H,5-6,8-9H2,1-2H3,(H,15,19). The number of carbonyl (C=O) groups excluding carboxylic acids is 2. The summed E-state index contributed by atoms with van der Waals surface area (Å²) in [7, 11) is 1.79. The molecule has 1 saturated heterocycles. The predicted octanol–water partition coefficient (Wildman–Crippen LogP) is 0.495. The molecule has 6 nitrogen and oxygen atoms in total. The summed E-state index contributed by atoms with van der Waals surface area (Å²) in [6, 6.07) is 3.48. The van der Waals surface area contributed by atoms with Gasteiger partial charge in [0.2, 0.25) is 11.8 Å². The van der Waals surface area contributed by atoms with Gasteiger partial charge in [-0.2, -0.15) is 0 Å². The van der Waals surface area contributed by atoms with E-state index in [9.17, 15) is 9.59 Å². The third-order valence-corrected chi connectivity index (χ3v) is 3.52. The Kier molecular flexibility index (Phi) is 4.79. The van der Waals surface area contributed by atoms with E-state index in [0.29, 0.717) is 19.5 Å². The molecule has 110 valence electrons. The maximum absolute atomic E-state index is 12.0. The number of amides is 2. The number of hydrogen-bond acceptors (Lipinski definition) is 4. The summed E-state index contributed by atoms with van der Waals surface area (Å²) in [4.78, 5) is 25.1. The molecule has 1 aliphatic rings. The van der Waals surface area contributed by atoms with Crippen LogP contribution >= 0.6 is 0 Å². The van der Waals surface area contributed by atoms with Gasteiger partial charge in [0.25, 0.3) is 0 Å². The first-order valence-corrected chi connectivity index (χ1v) is 6.86. The predicted molar refractivity (Wildman–Crippen MR) is 73.8 cm³/mol. The van der Waals surface area contributed by atoms with E-state index >= 15 is 0 Å². The van der Waals surface area contributed by atoms with Crippen LogP contribution in [0.4, 0.5) is 0 Å². The number of carbonyl (C=O) groups is 2. The summed E-state index contributed by atoms with van der Waals surface area (Å²) >= 11 is 0. The van der Waals surface area contributed by atoms with Gasteiger partial charge in [0.05, 0.1) is 18.8 Å². The van der Waals surface area contributed by atoms with E-state index in [0.717, 1.165) is 12.2 Å². The smallest absolute Gasteiger partial charge is 0.237 e. The Bertz CT molecular complexity index is 458. The van der Waals surface area contributed by atoms with Crippen molar-refractivity contribution in [3.05, 3.63) is 24.2 Å². The van der Waals surface area contributed by atoms with Gasteiger partial charge < -0.3 is 20.0 Å². The van der Waals surface area contributed by atoms with Crippen LogP contribution in [0.15, 0.2) is 22.8 Å². The van der Waals surface area contributed by atoms with Crippen LogP contribution < -0.4 is 10.6 Å². The minimum Gasteiger partial charge on any atom is -0.467 e. The van der Waals surface area contributed by atoms with Gasteiger partial charge in [-0.25, -0.2) is 0 Å². The van der Waals surface area contributed by atoms with E-state index in [1.54, 1.807) is 24.3 Å². The first-order chi connectivity index (χ1) is 9.56. The molecule has 2 amide bonds. The topological polar surface area (TPSA) is 74.6 Å². The molecule has 2 unspecified atom stereocenters. The second-order valence-electron chi connectivity index (χ2n) is 5.20. The first-order valence-electron chi connectivity index (χ1n) is 6.86. The van der Waals surface area contributed by atoms with Gasteiger partial charge in [0.1, 0.15) is 5.76 Å². The summed E-state index contributed by atoms with van der Waals surface area (Å²) in [5.74, 6) is 0.826. The summed E-state index contributed by atoms with van der Waals surface area (Å²) in [6.07, 6.45) is 2.89. The van der Waals surface area contributed by atoms with E-state index in [1.165, 1.54) is 0 Å². The van der Waals surface area contributed by atoms with Crippen molar-refractivity contribution in [3.63, 3.8) is 0 Å². The molecule has 0 bridgehead atoms. The summed E-state index contributed by atoms with van der Waals surface area (Å²) in [5, 5.41) is 6.08.